The fourth-order valence-electron chi connectivity index (χ4n) is 3.13. The third-order valence-electron chi connectivity index (χ3n) is 4.67. The minimum Gasteiger partial charge on any atom is -0.497 e. The summed E-state index contributed by atoms with van der Waals surface area (Å²) < 4.78 is 14.4. The maximum atomic E-state index is 13.0. The van der Waals surface area contributed by atoms with Crippen LogP contribution in [0.2, 0.25) is 0 Å². The number of hydrogen-bond donors (Lipinski definition) is 0. The van der Waals surface area contributed by atoms with Gasteiger partial charge in [0, 0.05) is 23.9 Å². The standard InChI is InChI=1S/C24H22N2O3S2/c1-28-19-11-12-22-21(16-19)26(13-14-30-2)24(31-22)25-23(27)17-7-6-10-20(15-17)29-18-8-4-3-5-9-18/h3-12,15-16H,13-14H2,1-2H3. The van der Waals surface area contributed by atoms with Crippen LogP contribution in [0.4, 0.5) is 0 Å². The number of methoxy groups -OCH3 is 1. The Labute approximate surface area is 189 Å². The van der Waals surface area contributed by atoms with Gasteiger partial charge in [0.2, 0.25) is 0 Å². The summed E-state index contributed by atoms with van der Waals surface area (Å²) in [5.74, 6) is 2.73. The van der Waals surface area contributed by atoms with Crippen molar-refractivity contribution in [2.24, 2.45) is 4.99 Å². The molecule has 0 aliphatic heterocycles. The van der Waals surface area contributed by atoms with Crippen molar-refractivity contribution in [3.8, 4) is 17.2 Å². The molecule has 4 aromatic rings. The van der Waals surface area contributed by atoms with Gasteiger partial charge in [0.25, 0.3) is 5.91 Å². The Morgan fingerprint density at radius 2 is 1.81 bits per heavy atom. The third-order valence-corrected chi connectivity index (χ3v) is 6.32. The van der Waals surface area contributed by atoms with Crippen LogP contribution < -0.4 is 14.3 Å². The van der Waals surface area contributed by atoms with Crippen LogP contribution in [-0.2, 0) is 6.54 Å². The van der Waals surface area contributed by atoms with Crippen LogP contribution in [0, 0.1) is 0 Å². The Bertz CT molecular complexity index is 1260. The molecule has 3 aromatic carbocycles. The number of thioether (sulfide) groups is 1. The summed E-state index contributed by atoms with van der Waals surface area (Å²) in [6, 6.07) is 22.5. The van der Waals surface area contributed by atoms with Gasteiger partial charge in [-0.05, 0) is 48.7 Å². The number of carbonyl (C=O) groups excluding carboxylic acids is 1. The van der Waals surface area contributed by atoms with Gasteiger partial charge < -0.3 is 14.0 Å². The van der Waals surface area contributed by atoms with Gasteiger partial charge in [-0.3, -0.25) is 4.79 Å². The highest BCUT2D eigenvalue weighted by Crippen LogP contribution is 2.24. The van der Waals surface area contributed by atoms with E-state index < -0.39 is 0 Å². The number of hydrogen-bond acceptors (Lipinski definition) is 5. The van der Waals surface area contributed by atoms with E-state index in [0.717, 1.165) is 34.0 Å². The van der Waals surface area contributed by atoms with Crippen LogP contribution in [-0.4, -0.2) is 29.6 Å². The number of thiazole rings is 1. The smallest absolute Gasteiger partial charge is 0.279 e. The molecule has 0 fully saturated rings. The van der Waals surface area contributed by atoms with Crippen molar-refractivity contribution in [3.05, 3.63) is 83.2 Å². The van der Waals surface area contributed by atoms with Crippen LogP contribution >= 0.6 is 23.1 Å². The molecule has 1 heterocycles. The molecule has 31 heavy (non-hydrogen) atoms. The summed E-state index contributed by atoms with van der Waals surface area (Å²) in [5, 5.41) is 0. The zero-order valence-corrected chi connectivity index (χ0v) is 18.9. The van der Waals surface area contributed by atoms with Gasteiger partial charge in [-0.15, -0.1) is 0 Å². The summed E-state index contributed by atoms with van der Waals surface area (Å²) in [6.45, 7) is 0.762. The summed E-state index contributed by atoms with van der Waals surface area (Å²) in [7, 11) is 1.65. The first-order valence-corrected chi connectivity index (χ1v) is 12.0. The summed E-state index contributed by atoms with van der Waals surface area (Å²) in [4.78, 5) is 18.1. The lowest BCUT2D eigenvalue weighted by Gasteiger charge is -2.06. The van der Waals surface area contributed by atoms with Gasteiger partial charge >= 0.3 is 0 Å². The molecule has 4 rings (SSSR count). The van der Waals surface area contributed by atoms with E-state index in [1.54, 1.807) is 37.1 Å². The van der Waals surface area contributed by atoms with Crippen molar-refractivity contribution in [3.63, 3.8) is 0 Å². The lowest BCUT2D eigenvalue weighted by molar-refractivity contribution is 0.0997. The number of carbonyl (C=O) groups is 1. The van der Waals surface area contributed by atoms with Crippen molar-refractivity contribution in [2.75, 3.05) is 19.1 Å². The Morgan fingerprint density at radius 3 is 2.58 bits per heavy atom. The molecule has 0 radical (unpaired) electrons. The molecule has 1 amide bonds. The minimum atomic E-state index is -0.296. The predicted molar refractivity (Wildman–Crippen MR) is 128 cm³/mol. The number of aryl methyl sites for hydroxylation is 1. The number of para-hydroxylation sites is 1. The van der Waals surface area contributed by atoms with Crippen LogP contribution in [0.25, 0.3) is 10.2 Å². The van der Waals surface area contributed by atoms with E-state index in [0.29, 0.717) is 16.1 Å². The number of amides is 1. The predicted octanol–water partition coefficient (Wildman–Crippen LogP) is 5.61. The second-order valence-corrected chi connectivity index (χ2v) is 8.72. The number of benzene rings is 3. The molecule has 0 spiro atoms. The zero-order valence-electron chi connectivity index (χ0n) is 17.3. The molecule has 7 heteroatoms. The molecule has 0 atom stereocenters. The third kappa shape index (κ3) is 5.00. The van der Waals surface area contributed by atoms with Crippen LogP contribution in [0.5, 0.6) is 17.2 Å². The zero-order chi connectivity index (χ0) is 21.6. The maximum Gasteiger partial charge on any atom is 0.279 e. The molecular weight excluding hydrogens is 428 g/mol. The lowest BCUT2D eigenvalue weighted by atomic mass is 10.2. The van der Waals surface area contributed by atoms with E-state index in [-0.39, 0.29) is 5.91 Å². The Kier molecular flexibility index (Phi) is 6.74. The van der Waals surface area contributed by atoms with E-state index >= 15 is 0 Å². The summed E-state index contributed by atoms with van der Waals surface area (Å²) >= 11 is 3.26. The van der Waals surface area contributed by atoms with E-state index in [4.69, 9.17) is 9.47 Å². The molecule has 158 valence electrons. The topological polar surface area (TPSA) is 52.8 Å². The molecule has 0 saturated heterocycles. The Balaban J connectivity index is 1.69. The fourth-order valence-corrected chi connectivity index (χ4v) is 4.53. The summed E-state index contributed by atoms with van der Waals surface area (Å²) in [6.07, 6.45) is 2.07. The van der Waals surface area contributed by atoms with Crippen molar-refractivity contribution in [2.45, 2.75) is 6.54 Å². The minimum absolute atomic E-state index is 0.296. The molecule has 0 saturated carbocycles. The fraction of sp³-hybridized carbons (Fsp3) is 0.167. The molecule has 5 nitrogen and oxygen atoms in total. The van der Waals surface area contributed by atoms with E-state index in [2.05, 4.69) is 15.8 Å². The summed E-state index contributed by atoms with van der Waals surface area (Å²) in [5.41, 5.74) is 1.51. The Morgan fingerprint density at radius 1 is 1.00 bits per heavy atom. The van der Waals surface area contributed by atoms with Crippen molar-refractivity contribution in [1.29, 1.82) is 0 Å². The average molecular weight is 451 g/mol. The van der Waals surface area contributed by atoms with Crippen LogP contribution in [0.3, 0.4) is 0 Å². The average Bonchev–Trinajstić information content (AvgIpc) is 3.14. The number of nitrogens with zero attached hydrogens (tertiary/aromatic N) is 2. The molecular formula is C24H22N2O3S2. The van der Waals surface area contributed by atoms with E-state index in [1.165, 1.54) is 11.3 Å². The van der Waals surface area contributed by atoms with E-state index in [9.17, 15) is 4.79 Å². The highest BCUT2D eigenvalue weighted by Gasteiger charge is 2.11. The number of ether oxygens (including phenoxy) is 2. The molecule has 1 aromatic heterocycles. The van der Waals surface area contributed by atoms with Gasteiger partial charge in [-0.1, -0.05) is 35.6 Å². The molecule has 0 bridgehead atoms. The number of aromatic nitrogens is 1. The highest BCUT2D eigenvalue weighted by molar-refractivity contribution is 7.98. The van der Waals surface area contributed by atoms with Crippen LogP contribution in [0.1, 0.15) is 10.4 Å². The first-order chi connectivity index (χ1) is 15.2. The van der Waals surface area contributed by atoms with Crippen molar-refractivity contribution in [1.82, 2.24) is 4.57 Å². The maximum absolute atomic E-state index is 13.0. The second-order valence-electron chi connectivity index (χ2n) is 6.72. The lowest BCUT2D eigenvalue weighted by Crippen LogP contribution is -2.18. The van der Waals surface area contributed by atoms with Crippen molar-refractivity contribution >= 4 is 39.2 Å². The highest BCUT2D eigenvalue weighted by atomic mass is 32.2. The first kappa shape index (κ1) is 21.2. The van der Waals surface area contributed by atoms with E-state index in [1.807, 2.05) is 54.6 Å². The molecule has 0 aliphatic rings. The van der Waals surface area contributed by atoms with Gasteiger partial charge in [0.15, 0.2) is 4.80 Å². The quantitative estimate of drug-likeness (QED) is 0.367. The first-order valence-electron chi connectivity index (χ1n) is 9.76. The Hall–Kier alpha value is -3.03. The van der Waals surface area contributed by atoms with Crippen molar-refractivity contribution < 1.29 is 14.3 Å². The van der Waals surface area contributed by atoms with Crippen LogP contribution in [0.15, 0.2) is 77.8 Å². The SMILES string of the molecule is COc1ccc2sc(=NC(=O)c3cccc(Oc4ccccc4)c3)n(CCSC)c2c1. The molecule has 0 N–H and O–H groups in total. The number of fused-ring (bicyclic) bond motifs is 1. The van der Waals surface area contributed by atoms with Gasteiger partial charge in [-0.2, -0.15) is 16.8 Å². The molecule has 0 aliphatic carbocycles. The normalized spacial score (nSPS) is 11.6. The van der Waals surface area contributed by atoms with Gasteiger partial charge in [0.1, 0.15) is 17.2 Å². The largest absolute Gasteiger partial charge is 0.497 e. The second kappa shape index (κ2) is 9.85. The molecule has 0 unspecified atom stereocenters. The monoisotopic (exact) mass is 450 g/mol. The van der Waals surface area contributed by atoms with Gasteiger partial charge in [0.05, 0.1) is 17.3 Å². The van der Waals surface area contributed by atoms with Gasteiger partial charge in [-0.25, -0.2) is 0 Å². The number of rotatable bonds is 7.